The number of nitrogens with zero attached hydrogens (tertiary/aromatic N) is 1. The zero-order valence-corrected chi connectivity index (χ0v) is 9.67. The molecule has 1 atom stereocenters. The van der Waals surface area contributed by atoms with Crippen LogP contribution in [0.25, 0.3) is 0 Å². The average Bonchev–Trinajstić information content (AvgIpc) is 2.20. The summed E-state index contributed by atoms with van der Waals surface area (Å²) >= 11 is 4.04. The molecule has 0 fully saturated rings. The van der Waals surface area contributed by atoms with Crippen molar-refractivity contribution in [2.75, 3.05) is 7.05 Å². The van der Waals surface area contributed by atoms with Gasteiger partial charge in [-0.25, -0.2) is 4.39 Å². The van der Waals surface area contributed by atoms with E-state index in [-0.39, 0.29) is 23.5 Å². The number of benzene rings is 1. The molecular formula is C11H14FNOS. The Balaban J connectivity index is 2.71. The van der Waals surface area contributed by atoms with Gasteiger partial charge in [-0.05, 0) is 13.0 Å². The topological polar surface area (TPSA) is 20.3 Å². The van der Waals surface area contributed by atoms with Crippen LogP contribution in [0.15, 0.2) is 24.3 Å². The van der Waals surface area contributed by atoms with Crippen LogP contribution in [0.1, 0.15) is 12.5 Å². The van der Waals surface area contributed by atoms with Gasteiger partial charge in [0.15, 0.2) is 0 Å². The van der Waals surface area contributed by atoms with E-state index in [0.29, 0.717) is 5.56 Å². The van der Waals surface area contributed by atoms with Crippen LogP contribution < -0.4 is 0 Å². The molecule has 0 saturated heterocycles. The maximum atomic E-state index is 13.3. The zero-order valence-electron chi connectivity index (χ0n) is 8.77. The first-order chi connectivity index (χ1) is 7.02. The zero-order chi connectivity index (χ0) is 11.4. The van der Waals surface area contributed by atoms with E-state index in [1.165, 1.54) is 11.0 Å². The highest BCUT2D eigenvalue weighted by molar-refractivity contribution is 7.81. The molecule has 0 aromatic heterocycles. The lowest BCUT2D eigenvalue weighted by Gasteiger charge is -2.19. The van der Waals surface area contributed by atoms with E-state index in [9.17, 15) is 9.18 Å². The number of carbonyl (C=O) groups is 1. The third-order valence-corrected chi connectivity index (χ3v) is 2.32. The molecule has 0 N–H and O–H groups in total. The van der Waals surface area contributed by atoms with Crippen molar-refractivity contribution in [3.05, 3.63) is 35.6 Å². The van der Waals surface area contributed by atoms with Gasteiger partial charge >= 0.3 is 0 Å². The van der Waals surface area contributed by atoms with Crippen LogP contribution in [-0.2, 0) is 11.3 Å². The largest absolute Gasteiger partial charge is 0.340 e. The Labute approximate surface area is 94.5 Å². The lowest BCUT2D eigenvalue weighted by atomic mass is 10.2. The van der Waals surface area contributed by atoms with Crippen LogP contribution in [0, 0.1) is 5.82 Å². The van der Waals surface area contributed by atoms with Gasteiger partial charge in [0.05, 0.1) is 5.25 Å². The Bertz CT molecular complexity index is 354. The second kappa shape index (κ2) is 5.16. The minimum atomic E-state index is -0.359. The highest BCUT2D eigenvalue weighted by atomic mass is 32.1. The molecule has 0 spiro atoms. The molecule has 0 radical (unpaired) electrons. The van der Waals surface area contributed by atoms with Crippen LogP contribution in [-0.4, -0.2) is 23.1 Å². The van der Waals surface area contributed by atoms with Crippen molar-refractivity contribution >= 4 is 18.5 Å². The third-order valence-electron chi connectivity index (χ3n) is 2.10. The van der Waals surface area contributed by atoms with Crippen molar-refractivity contribution in [2.24, 2.45) is 0 Å². The summed E-state index contributed by atoms with van der Waals surface area (Å²) in [5.41, 5.74) is 0.516. The first-order valence-electron chi connectivity index (χ1n) is 4.69. The molecule has 4 heteroatoms. The lowest BCUT2D eigenvalue weighted by molar-refractivity contribution is -0.129. The fourth-order valence-corrected chi connectivity index (χ4v) is 1.48. The fourth-order valence-electron chi connectivity index (χ4n) is 1.28. The minimum Gasteiger partial charge on any atom is -0.340 e. The Kier molecular flexibility index (Phi) is 4.15. The molecule has 1 unspecified atom stereocenters. The Morgan fingerprint density at radius 1 is 1.53 bits per heavy atom. The van der Waals surface area contributed by atoms with Gasteiger partial charge in [-0.15, -0.1) is 0 Å². The number of thiol groups is 1. The number of hydrogen-bond acceptors (Lipinski definition) is 2. The molecule has 0 aliphatic heterocycles. The summed E-state index contributed by atoms with van der Waals surface area (Å²) < 4.78 is 13.3. The monoisotopic (exact) mass is 227 g/mol. The molecule has 2 nitrogen and oxygen atoms in total. The quantitative estimate of drug-likeness (QED) is 0.784. The van der Waals surface area contributed by atoms with Crippen molar-refractivity contribution in [1.29, 1.82) is 0 Å². The summed E-state index contributed by atoms with van der Waals surface area (Å²) in [6.07, 6.45) is 0. The molecular weight excluding hydrogens is 213 g/mol. The summed E-state index contributed by atoms with van der Waals surface area (Å²) in [5.74, 6) is -0.398. The van der Waals surface area contributed by atoms with E-state index in [1.54, 1.807) is 32.2 Å². The van der Waals surface area contributed by atoms with Crippen molar-refractivity contribution < 1.29 is 9.18 Å². The van der Waals surface area contributed by atoms with Crippen molar-refractivity contribution in [3.8, 4) is 0 Å². The van der Waals surface area contributed by atoms with Gasteiger partial charge in [-0.2, -0.15) is 12.6 Å². The molecule has 82 valence electrons. The first-order valence-corrected chi connectivity index (χ1v) is 5.20. The SMILES string of the molecule is CC(S)C(=O)N(C)Cc1ccccc1F. The fraction of sp³-hybridized carbons (Fsp3) is 0.364. The summed E-state index contributed by atoms with van der Waals surface area (Å²) in [6, 6.07) is 6.43. The van der Waals surface area contributed by atoms with Crippen LogP contribution in [0.3, 0.4) is 0 Å². The van der Waals surface area contributed by atoms with Crippen molar-refractivity contribution in [3.63, 3.8) is 0 Å². The molecule has 1 rings (SSSR count). The summed E-state index contributed by atoms with van der Waals surface area (Å²) in [7, 11) is 1.64. The van der Waals surface area contributed by atoms with E-state index in [1.807, 2.05) is 0 Å². The molecule has 0 bridgehead atoms. The molecule has 1 aromatic carbocycles. The highest BCUT2D eigenvalue weighted by Gasteiger charge is 2.14. The molecule has 15 heavy (non-hydrogen) atoms. The smallest absolute Gasteiger partial charge is 0.235 e. The van der Waals surface area contributed by atoms with Crippen molar-refractivity contribution in [1.82, 2.24) is 4.90 Å². The van der Waals surface area contributed by atoms with Crippen LogP contribution in [0.5, 0.6) is 0 Å². The van der Waals surface area contributed by atoms with Gasteiger partial charge in [-0.3, -0.25) is 4.79 Å². The predicted octanol–water partition coefficient (Wildman–Crippen LogP) is 2.10. The summed E-state index contributed by atoms with van der Waals surface area (Å²) in [5, 5.41) is -0.359. The second-order valence-corrected chi connectivity index (χ2v) is 4.24. The molecule has 1 amide bonds. The van der Waals surface area contributed by atoms with E-state index in [0.717, 1.165) is 0 Å². The molecule has 0 heterocycles. The number of amides is 1. The minimum absolute atomic E-state index is 0.110. The van der Waals surface area contributed by atoms with E-state index in [4.69, 9.17) is 0 Å². The van der Waals surface area contributed by atoms with Crippen molar-refractivity contribution in [2.45, 2.75) is 18.7 Å². The normalized spacial score (nSPS) is 12.3. The van der Waals surface area contributed by atoms with Gasteiger partial charge in [0, 0.05) is 19.2 Å². The predicted molar refractivity (Wildman–Crippen MR) is 61.3 cm³/mol. The second-order valence-electron chi connectivity index (χ2n) is 3.46. The Hall–Kier alpha value is -1.03. The molecule has 0 saturated carbocycles. The number of halogens is 1. The van der Waals surface area contributed by atoms with Crippen LogP contribution in [0.4, 0.5) is 4.39 Å². The molecule has 0 aliphatic rings. The van der Waals surface area contributed by atoms with Crippen LogP contribution >= 0.6 is 12.6 Å². The highest BCUT2D eigenvalue weighted by Crippen LogP contribution is 2.10. The van der Waals surface area contributed by atoms with E-state index < -0.39 is 0 Å². The maximum Gasteiger partial charge on any atom is 0.235 e. The average molecular weight is 227 g/mol. The number of rotatable bonds is 3. The van der Waals surface area contributed by atoms with Gasteiger partial charge in [0.2, 0.25) is 5.91 Å². The third kappa shape index (κ3) is 3.23. The van der Waals surface area contributed by atoms with E-state index in [2.05, 4.69) is 12.6 Å². The maximum absolute atomic E-state index is 13.3. The number of carbonyl (C=O) groups excluding carboxylic acids is 1. The molecule has 1 aromatic rings. The first kappa shape index (κ1) is 12.0. The Morgan fingerprint density at radius 2 is 2.13 bits per heavy atom. The standard InChI is InChI=1S/C11H14FNOS/c1-8(15)11(14)13(2)7-9-5-3-4-6-10(9)12/h3-6,8,15H,7H2,1-2H3. The Morgan fingerprint density at radius 3 is 2.67 bits per heavy atom. The van der Waals surface area contributed by atoms with E-state index >= 15 is 0 Å². The molecule has 0 aliphatic carbocycles. The summed E-state index contributed by atoms with van der Waals surface area (Å²) in [4.78, 5) is 13.0. The van der Waals surface area contributed by atoms with Gasteiger partial charge in [-0.1, -0.05) is 18.2 Å². The van der Waals surface area contributed by atoms with Gasteiger partial charge in [0.25, 0.3) is 0 Å². The van der Waals surface area contributed by atoms with Crippen LogP contribution in [0.2, 0.25) is 0 Å². The van der Waals surface area contributed by atoms with Gasteiger partial charge < -0.3 is 4.90 Å². The number of hydrogen-bond donors (Lipinski definition) is 1. The van der Waals surface area contributed by atoms with Gasteiger partial charge in [0.1, 0.15) is 5.82 Å². The lowest BCUT2D eigenvalue weighted by Crippen LogP contribution is -2.31. The summed E-state index contributed by atoms with van der Waals surface area (Å²) in [6.45, 7) is 1.97.